The van der Waals surface area contributed by atoms with Gasteiger partial charge in [0.15, 0.2) is 5.65 Å². The normalized spacial score (nSPS) is 23.0. The van der Waals surface area contributed by atoms with Crippen molar-refractivity contribution in [1.29, 1.82) is 0 Å². The molecule has 27 heavy (non-hydrogen) atoms. The van der Waals surface area contributed by atoms with E-state index in [-0.39, 0.29) is 17.7 Å². The molecule has 4 rings (SSSR count). The third-order valence-electron chi connectivity index (χ3n) is 5.86. The first kappa shape index (κ1) is 17.9. The molecule has 2 atom stereocenters. The van der Waals surface area contributed by atoms with Gasteiger partial charge >= 0.3 is 0 Å². The Morgan fingerprint density at radius 1 is 1.07 bits per heavy atom. The average molecular weight is 370 g/mol. The molecule has 0 N–H and O–H groups in total. The van der Waals surface area contributed by atoms with Gasteiger partial charge < -0.3 is 14.7 Å². The summed E-state index contributed by atoms with van der Waals surface area (Å²) in [6, 6.07) is 4.09. The van der Waals surface area contributed by atoms with Crippen LogP contribution in [0, 0.1) is 0 Å². The number of pyridine rings is 1. The van der Waals surface area contributed by atoms with Crippen molar-refractivity contribution in [2.45, 2.75) is 31.7 Å². The van der Waals surface area contributed by atoms with E-state index in [9.17, 15) is 9.59 Å². The van der Waals surface area contributed by atoms with E-state index in [4.69, 9.17) is 0 Å². The summed E-state index contributed by atoms with van der Waals surface area (Å²) >= 11 is 0. The summed E-state index contributed by atoms with van der Waals surface area (Å²) in [6.07, 6.45) is 3.73. The summed E-state index contributed by atoms with van der Waals surface area (Å²) in [5.41, 5.74) is 1.39. The van der Waals surface area contributed by atoms with Gasteiger partial charge in [-0.1, -0.05) is 0 Å². The quantitative estimate of drug-likeness (QED) is 0.801. The summed E-state index contributed by atoms with van der Waals surface area (Å²) in [5.74, 6) is 1.12. The first-order chi connectivity index (χ1) is 12.9. The third kappa shape index (κ3) is 3.29. The van der Waals surface area contributed by atoms with Crippen molar-refractivity contribution < 1.29 is 9.59 Å². The molecule has 144 valence electrons. The molecule has 2 saturated heterocycles. The van der Waals surface area contributed by atoms with Gasteiger partial charge in [-0.3, -0.25) is 14.0 Å². The van der Waals surface area contributed by atoms with E-state index in [1.807, 2.05) is 32.5 Å². The van der Waals surface area contributed by atoms with E-state index in [1.54, 1.807) is 6.92 Å². The zero-order valence-electron chi connectivity index (χ0n) is 16.1. The number of amides is 2. The van der Waals surface area contributed by atoms with Crippen LogP contribution in [0.3, 0.4) is 0 Å². The number of hydrogen-bond acceptors (Lipinski definition) is 5. The highest BCUT2D eigenvalue weighted by Crippen LogP contribution is 2.27. The molecule has 0 aromatic carbocycles. The highest BCUT2D eigenvalue weighted by Gasteiger charge is 2.30. The van der Waals surface area contributed by atoms with Crippen molar-refractivity contribution in [2.24, 2.45) is 0 Å². The van der Waals surface area contributed by atoms with Gasteiger partial charge in [-0.2, -0.15) is 0 Å². The fourth-order valence-electron chi connectivity index (χ4n) is 4.10. The minimum atomic E-state index is 0.0534. The van der Waals surface area contributed by atoms with Crippen molar-refractivity contribution in [2.75, 3.05) is 40.3 Å². The van der Waals surface area contributed by atoms with Crippen LogP contribution in [0.5, 0.6) is 0 Å². The highest BCUT2D eigenvalue weighted by atomic mass is 16.2. The van der Waals surface area contributed by atoms with E-state index < -0.39 is 0 Å². The molecule has 8 heteroatoms. The van der Waals surface area contributed by atoms with Gasteiger partial charge in [0, 0.05) is 51.3 Å². The number of hydrogen-bond donors (Lipinski definition) is 0. The number of carbonyl (C=O) groups excluding carboxylic acids is 2. The summed E-state index contributed by atoms with van der Waals surface area (Å²) in [5, 5.41) is 8.59. The molecular formula is C19H26N6O2. The molecule has 4 heterocycles. The fourth-order valence-corrected chi connectivity index (χ4v) is 4.10. The van der Waals surface area contributed by atoms with Crippen LogP contribution in [0.2, 0.25) is 0 Å². The lowest BCUT2D eigenvalue weighted by atomic mass is 10.1. The number of likely N-dealkylation sites (N-methyl/N-ethyl adjacent to an activating group) is 1. The van der Waals surface area contributed by atoms with Gasteiger partial charge in [0.25, 0.3) is 5.91 Å². The molecule has 0 unspecified atom stereocenters. The van der Waals surface area contributed by atoms with E-state index in [0.717, 1.165) is 43.9 Å². The van der Waals surface area contributed by atoms with Gasteiger partial charge in [-0.05, 0) is 39.1 Å². The monoisotopic (exact) mass is 370 g/mol. The third-order valence-corrected chi connectivity index (χ3v) is 5.86. The highest BCUT2D eigenvalue weighted by molar-refractivity contribution is 5.94. The summed E-state index contributed by atoms with van der Waals surface area (Å²) < 4.78 is 1.92. The Morgan fingerprint density at radius 3 is 2.52 bits per heavy atom. The van der Waals surface area contributed by atoms with Crippen molar-refractivity contribution in [3.8, 4) is 0 Å². The van der Waals surface area contributed by atoms with E-state index in [1.165, 1.54) is 0 Å². The Balaban J connectivity index is 1.57. The van der Waals surface area contributed by atoms with Crippen LogP contribution in [0.25, 0.3) is 5.65 Å². The van der Waals surface area contributed by atoms with Crippen LogP contribution in [0.4, 0.5) is 0 Å². The van der Waals surface area contributed by atoms with Crippen LogP contribution < -0.4 is 0 Å². The Labute approximate surface area is 158 Å². The zero-order valence-corrected chi connectivity index (χ0v) is 16.1. The van der Waals surface area contributed by atoms with E-state index in [2.05, 4.69) is 29.2 Å². The first-order valence-electron chi connectivity index (χ1n) is 9.50. The molecule has 0 radical (unpaired) electrons. The maximum absolute atomic E-state index is 13.0. The minimum absolute atomic E-state index is 0.0534. The number of likely N-dealkylation sites (tertiary alicyclic amines) is 2. The van der Waals surface area contributed by atoms with E-state index >= 15 is 0 Å². The maximum atomic E-state index is 13.0. The first-order valence-corrected chi connectivity index (χ1v) is 9.50. The van der Waals surface area contributed by atoms with Crippen LogP contribution >= 0.6 is 0 Å². The predicted molar refractivity (Wildman–Crippen MR) is 101 cm³/mol. The molecule has 8 nitrogen and oxygen atoms in total. The molecule has 2 aromatic heterocycles. The molecule has 0 spiro atoms. The lowest BCUT2D eigenvalue weighted by Gasteiger charge is -2.20. The van der Waals surface area contributed by atoms with Gasteiger partial charge in [0.05, 0.1) is 5.56 Å². The van der Waals surface area contributed by atoms with E-state index in [0.29, 0.717) is 18.2 Å². The average Bonchev–Trinajstić information content (AvgIpc) is 3.38. The van der Waals surface area contributed by atoms with Crippen molar-refractivity contribution in [1.82, 2.24) is 29.3 Å². The lowest BCUT2D eigenvalue weighted by Crippen LogP contribution is -2.34. The summed E-state index contributed by atoms with van der Waals surface area (Å²) in [6.45, 7) is 4.54. The molecule has 2 aromatic rings. The SMILES string of the molecule is CC(=O)N1CC[C@@H](c2nnc3ccc(C(=O)N4CC[C@@H](N(C)C)C4)cn23)C1. The zero-order chi connectivity index (χ0) is 19.1. The van der Waals surface area contributed by atoms with Crippen LogP contribution in [-0.4, -0.2) is 87.4 Å². The molecule has 2 aliphatic rings. The lowest BCUT2D eigenvalue weighted by molar-refractivity contribution is -0.127. The molecule has 2 aliphatic heterocycles. The van der Waals surface area contributed by atoms with Crippen molar-refractivity contribution in [3.63, 3.8) is 0 Å². The maximum Gasteiger partial charge on any atom is 0.255 e. The second-order valence-electron chi connectivity index (χ2n) is 7.81. The topological polar surface area (TPSA) is 74.0 Å². The molecular weight excluding hydrogens is 344 g/mol. The minimum Gasteiger partial charge on any atom is -0.342 e. The number of aromatic nitrogens is 3. The second kappa shape index (κ2) is 6.92. The van der Waals surface area contributed by atoms with Crippen molar-refractivity contribution >= 4 is 17.5 Å². The fraction of sp³-hybridized carbons (Fsp3) is 0.579. The number of fused-ring (bicyclic) bond motifs is 1. The van der Waals surface area contributed by atoms with Gasteiger partial charge in [-0.25, -0.2) is 0 Å². The van der Waals surface area contributed by atoms with Gasteiger partial charge in [-0.15, -0.1) is 10.2 Å². The number of rotatable bonds is 3. The predicted octanol–water partition coefficient (Wildman–Crippen LogP) is 0.841. The van der Waals surface area contributed by atoms with Gasteiger partial charge in [0.2, 0.25) is 5.91 Å². The largest absolute Gasteiger partial charge is 0.342 e. The van der Waals surface area contributed by atoms with Crippen LogP contribution in [0.15, 0.2) is 18.3 Å². The smallest absolute Gasteiger partial charge is 0.255 e. The molecule has 0 saturated carbocycles. The molecule has 0 aliphatic carbocycles. The molecule has 0 bridgehead atoms. The summed E-state index contributed by atoms with van der Waals surface area (Å²) in [4.78, 5) is 30.5. The van der Waals surface area contributed by atoms with Crippen LogP contribution in [-0.2, 0) is 4.79 Å². The Morgan fingerprint density at radius 2 is 1.85 bits per heavy atom. The standard InChI is InChI=1S/C19H26N6O2/c1-13(26)23-8-6-14(10-23)18-21-20-17-5-4-15(11-25(17)18)19(27)24-9-7-16(12-24)22(2)3/h4-5,11,14,16H,6-10,12H2,1-3H3/t14-,16-/m1/s1. The number of carbonyl (C=O) groups is 2. The second-order valence-corrected chi connectivity index (χ2v) is 7.81. The number of nitrogens with zero attached hydrogens (tertiary/aromatic N) is 6. The molecule has 2 amide bonds. The Kier molecular flexibility index (Phi) is 4.59. The Hall–Kier alpha value is -2.48. The summed E-state index contributed by atoms with van der Waals surface area (Å²) in [7, 11) is 4.11. The molecule has 2 fully saturated rings. The Bertz CT molecular complexity index is 876. The van der Waals surface area contributed by atoms with Gasteiger partial charge in [0.1, 0.15) is 5.82 Å². The van der Waals surface area contributed by atoms with Crippen molar-refractivity contribution in [3.05, 3.63) is 29.7 Å². The van der Waals surface area contributed by atoms with Crippen LogP contribution in [0.1, 0.15) is 41.9 Å².